The molecule has 1 fully saturated rings. The summed E-state index contributed by atoms with van der Waals surface area (Å²) < 4.78 is 9.74. The third-order valence-corrected chi connectivity index (χ3v) is 4.74. The van der Waals surface area contributed by atoms with Gasteiger partial charge in [0.25, 0.3) is 0 Å². The van der Waals surface area contributed by atoms with Crippen molar-refractivity contribution < 1.29 is 23.9 Å². The van der Waals surface area contributed by atoms with Gasteiger partial charge in [-0.3, -0.25) is 19.3 Å². The summed E-state index contributed by atoms with van der Waals surface area (Å²) in [6.07, 6.45) is 3.14. The zero-order valence-electron chi connectivity index (χ0n) is 13.5. The molecule has 0 amide bonds. The summed E-state index contributed by atoms with van der Waals surface area (Å²) >= 11 is 0. The van der Waals surface area contributed by atoms with Crippen LogP contribution < -0.4 is 0 Å². The van der Waals surface area contributed by atoms with Gasteiger partial charge < -0.3 is 9.47 Å². The molecule has 24 heavy (non-hydrogen) atoms. The Hall–Kier alpha value is -2.47. The molecule has 0 spiro atoms. The molecular weight excluding hydrogens is 310 g/mol. The second-order valence-electron chi connectivity index (χ2n) is 5.95. The van der Waals surface area contributed by atoms with Crippen LogP contribution in [0.15, 0.2) is 42.5 Å². The standard InChI is InChI=1S/C18H19NO5/c1-23-17(21)14-12-8-9-13(20)16(15(14)18(22)24-2)19(12)10-11-6-4-3-5-7-11/h3-9,12,14-16H,10H2,1-2H3/t12-,14-,15-,16+/m1/s1. The first-order chi connectivity index (χ1) is 11.6. The van der Waals surface area contributed by atoms with Gasteiger partial charge in [0.05, 0.1) is 32.1 Å². The summed E-state index contributed by atoms with van der Waals surface area (Å²) in [5, 5.41) is 0. The summed E-state index contributed by atoms with van der Waals surface area (Å²) in [4.78, 5) is 38.9. The topological polar surface area (TPSA) is 72.9 Å². The second-order valence-corrected chi connectivity index (χ2v) is 5.95. The minimum absolute atomic E-state index is 0.191. The highest BCUT2D eigenvalue weighted by atomic mass is 16.5. The van der Waals surface area contributed by atoms with E-state index >= 15 is 0 Å². The molecule has 3 rings (SSSR count). The molecule has 0 saturated carbocycles. The zero-order chi connectivity index (χ0) is 17.3. The van der Waals surface area contributed by atoms with Crippen molar-refractivity contribution in [2.24, 2.45) is 11.8 Å². The van der Waals surface area contributed by atoms with Crippen LogP contribution in [0, 0.1) is 11.8 Å². The summed E-state index contributed by atoms with van der Waals surface area (Å²) in [6, 6.07) is 8.54. The predicted octanol–water partition coefficient (Wildman–Crippen LogP) is 0.957. The Morgan fingerprint density at radius 1 is 1.04 bits per heavy atom. The fraction of sp³-hybridized carbons (Fsp3) is 0.389. The zero-order valence-corrected chi connectivity index (χ0v) is 13.5. The van der Waals surface area contributed by atoms with Gasteiger partial charge in [-0.05, 0) is 11.6 Å². The first kappa shape index (κ1) is 16.4. The molecule has 4 atom stereocenters. The maximum absolute atomic E-state index is 12.5. The highest BCUT2D eigenvalue weighted by Gasteiger charge is 2.58. The number of methoxy groups -OCH3 is 2. The minimum Gasteiger partial charge on any atom is -0.469 e. The SMILES string of the molecule is COC(=O)[C@@H]1[C@H](C(=O)OC)[C@H]2C=CC(=O)[C@@H]1N2Cc1ccccc1. The number of rotatable bonds is 4. The van der Waals surface area contributed by atoms with Gasteiger partial charge in [-0.15, -0.1) is 0 Å². The molecule has 1 aromatic carbocycles. The van der Waals surface area contributed by atoms with Crippen LogP contribution in [-0.4, -0.2) is 48.9 Å². The molecule has 0 aromatic heterocycles. The highest BCUT2D eigenvalue weighted by Crippen LogP contribution is 2.41. The van der Waals surface area contributed by atoms with Gasteiger partial charge in [0.15, 0.2) is 5.78 Å². The summed E-state index contributed by atoms with van der Waals surface area (Å²) in [6.45, 7) is 0.466. The van der Waals surface area contributed by atoms with Crippen LogP contribution >= 0.6 is 0 Å². The smallest absolute Gasteiger partial charge is 0.311 e. The van der Waals surface area contributed by atoms with Gasteiger partial charge in [0.1, 0.15) is 0 Å². The summed E-state index contributed by atoms with van der Waals surface area (Å²) in [5.41, 5.74) is 1.00. The van der Waals surface area contributed by atoms with Crippen molar-refractivity contribution in [3.63, 3.8) is 0 Å². The van der Waals surface area contributed by atoms with Crippen molar-refractivity contribution in [3.8, 4) is 0 Å². The van der Waals surface area contributed by atoms with Crippen LogP contribution in [0.1, 0.15) is 5.56 Å². The lowest BCUT2D eigenvalue weighted by molar-refractivity contribution is -0.157. The summed E-state index contributed by atoms with van der Waals surface area (Å²) in [5.74, 6) is -2.87. The van der Waals surface area contributed by atoms with Gasteiger partial charge in [-0.25, -0.2) is 0 Å². The summed E-state index contributed by atoms with van der Waals surface area (Å²) in [7, 11) is 2.55. The maximum Gasteiger partial charge on any atom is 0.311 e. The van der Waals surface area contributed by atoms with Crippen molar-refractivity contribution in [3.05, 3.63) is 48.0 Å². The molecule has 2 bridgehead atoms. The van der Waals surface area contributed by atoms with Crippen molar-refractivity contribution in [1.82, 2.24) is 4.90 Å². The number of hydrogen-bond acceptors (Lipinski definition) is 6. The van der Waals surface area contributed by atoms with Crippen LogP contribution in [0.2, 0.25) is 0 Å². The van der Waals surface area contributed by atoms with Crippen LogP contribution in [0.25, 0.3) is 0 Å². The minimum atomic E-state index is -0.862. The first-order valence-corrected chi connectivity index (χ1v) is 7.76. The van der Waals surface area contributed by atoms with Crippen molar-refractivity contribution in [2.45, 2.75) is 18.6 Å². The third-order valence-electron chi connectivity index (χ3n) is 4.74. The Labute approximate surface area is 140 Å². The van der Waals surface area contributed by atoms with E-state index in [1.54, 1.807) is 6.08 Å². The largest absolute Gasteiger partial charge is 0.469 e. The lowest BCUT2D eigenvalue weighted by atomic mass is 9.87. The maximum atomic E-state index is 12.5. The second kappa shape index (κ2) is 6.57. The Balaban J connectivity index is 2.00. The monoisotopic (exact) mass is 329 g/mol. The van der Waals surface area contributed by atoms with Crippen LogP contribution in [0.5, 0.6) is 0 Å². The van der Waals surface area contributed by atoms with E-state index in [1.165, 1.54) is 20.3 Å². The lowest BCUT2D eigenvalue weighted by Crippen LogP contribution is -2.45. The van der Waals surface area contributed by atoms with E-state index in [0.717, 1.165) is 5.56 Å². The van der Waals surface area contributed by atoms with Gasteiger partial charge in [-0.1, -0.05) is 36.4 Å². The van der Waals surface area contributed by atoms with E-state index in [9.17, 15) is 14.4 Å². The number of benzene rings is 1. The van der Waals surface area contributed by atoms with E-state index in [0.29, 0.717) is 6.54 Å². The fourth-order valence-electron chi connectivity index (χ4n) is 3.70. The number of carbonyl (C=O) groups is 3. The van der Waals surface area contributed by atoms with E-state index in [2.05, 4.69) is 0 Å². The number of ketones is 1. The van der Waals surface area contributed by atoms with E-state index in [1.807, 2.05) is 35.2 Å². The van der Waals surface area contributed by atoms with Crippen molar-refractivity contribution >= 4 is 17.7 Å². The van der Waals surface area contributed by atoms with Gasteiger partial charge in [0, 0.05) is 12.6 Å². The van der Waals surface area contributed by atoms with E-state index in [-0.39, 0.29) is 11.8 Å². The Kier molecular flexibility index (Phi) is 4.49. The normalized spacial score (nSPS) is 28.7. The fourth-order valence-corrected chi connectivity index (χ4v) is 3.70. The highest BCUT2D eigenvalue weighted by molar-refractivity contribution is 6.01. The molecule has 0 unspecified atom stereocenters. The number of esters is 2. The average Bonchev–Trinajstić information content (AvgIpc) is 2.84. The van der Waals surface area contributed by atoms with E-state index in [4.69, 9.17) is 9.47 Å². The number of ether oxygens (including phenoxy) is 2. The lowest BCUT2D eigenvalue weighted by Gasteiger charge is -2.31. The predicted molar refractivity (Wildman–Crippen MR) is 84.7 cm³/mol. The third kappa shape index (κ3) is 2.63. The van der Waals surface area contributed by atoms with Crippen LogP contribution in [0.4, 0.5) is 0 Å². The Bertz CT molecular complexity index is 684. The first-order valence-electron chi connectivity index (χ1n) is 7.76. The van der Waals surface area contributed by atoms with Crippen LogP contribution in [0.3, 0.4) is 0 Å². The molecule has 6 heteroatoms. The number of nitrogens with zero attached hydrogens (tertiary/aromatic N) is 1. The molecule has 2 aliphatic heterocycles. The molecule has 2 heterocycles. The molecule has 0 radical (unpaired) electrons. The quantitative estimate of drug-likeness (QED) is 0.766. The molecular formula is C18H19NO5. The average molecular weight is 329 g/mol. The van der Waals surface area contributed by atoms with Crippen LogP contribution in [-0.2, 0) is 30.4 Å². The molecule has 2 aliphatic rings. The van der Waals surface area contributed by atoms with Gasteiger partial charge >= 0.3 is 11.9 Å². The van der Waals surface area contributed by atoms with E-state index < -0.39 is 29.8 Å². The van der Waals surface area contributed by atoms with Crippen molar-refractivity contribution in [1.29, 1.82) is 0 Å². The Morgan fingerprint density at radius 2 is 1.67 bits per heavy atom. The van der Waals surface area contributed by atoms with Crippen molar-refractivity contribution in [2.75, 3.05) is 14.2 Å². The number of carbonyl (C=O) groups excluding carboxylic acids is 3. The van der Waals surface area contributed by atoms with Gasteiger partial charge in [-0.2, -0.15) is 0 Å². The molecule has 1 saturated heterocycles. The molecule has 6 nitrogen and oxygen atoms in total. The number of hydrogen-bond donors (Lipinski definition) is 0. The number of fused-ring (bicyclic) bond motifs is 2. The molecule has 0 N–H and O–H groups in total. The molecule has 0 aliphatic carbocycles. The molecule has 126 valence electrons. The molecule has 1 aromatic rings. The Morgan fingerprint density at radius 3 is 2.29 bits per heavy atom. The van der Waals surface area contributed by atoms with Gasteiger partial charge in [0.2, 0.25) is 0 Å².